The molecule has 0 aliphatic carbocycles. The Morgan fingerprint density at radius 2 is 1.42 bits per heavy atom. The van der Waals surface area contributed by atoms with Crippen molar-refractivity contribution in [2.45, 2.75) is 36.0 Å². The second-order valence-corrected chi connectivity index (χ2v) is 6.51. The van der Waals surface area contributed by atoms with E-state index in [1.807, 2.05) is 18.2 Å². The summed E-state index contributed by atoms with van der Waals surface area (Å²) in [5.41, 5.74) is 1.19. The summed E-state index contributed by atoms with van der Waals surface area (Å²) in [7, 11) is -3.38. The van der Waals surface area contributed by atoms with Gasteiger partial charge in [-0.3, -0.25) is 0 Å². The Morgan fingerprint density at radius 1 is 0.842 bits per heavy atom. The van der Waals surface area contributed by atoms with Crippen LogP contribution in [-0.4, -0.2) is 8.42 Å². The fraction of sp³-hybridized carbons (Fsp3) is 0.250. The standard InChI is InChI=1S/C16H18O2S/c1-2-3-7-14-10-12-16(13-11-14)19(17,18)15-8-5-4-6-9-15/h4-6,8-13H,2-3,7H2,1H3. The van der Waals surface area contributed by atoms with Crippen LogP contribution in [0.4, 0.5) is 0 Å². The molecule has 0 amide bonds. The Balaban J connectivity index is 2.27. The lowest BCUT2D eigenvalue weighted by Gasteiger charge is -2.06. The number of aryl methyl sites for hydroxylation is 1. The molecule has 0 aromatic heterocycles. The van der Waals surface area contributed by atoms with Crippen LogP contribution in [0.15, 0.2) is 64.4 Å². The van der Waals surface area contributed by atoms with Gasteiger partial charge in [-0.05, 0) is 42.7 Å². The van der Waals surface area contributed by atoms with Crippen molar-refractivity contribution < 1.29 is 8.42 Å². The number of benzene rings is 2. The summed E-state index contributed by atoms with van der Waals surface area (Å²) in [4.78, 5) is 0.704. The van der Waals surface area contributed by atoms with E-state index in [0.29, 0.717) is 9.79 Å². The van der Waals surface area contributed by atoms with Crippen LogP contribution in [0.25, 0.3) is 0 Å². The SMILES string of the molecule is CCCCc1ccc(S(=O)(=O)c2ccccc2)cc1. The molecule has 0 heterocycles. The van der Waals surface area contributed by atoms with Crippen molar-refractivity contribution in [3.05, 3.63) is 60.2 Å². The Hall–Kier alpha value is -1.61. The Morgan fingerprint density at radius 3 is 2.00 bits per heavy atom. The van der Waals surface area contributed by atoms with Crippen molar-refractivity contribution in [2.24, 2.45) is 0 Å². The van der Waals surface area contributed by atoms with Gasteiger partial charge in [-0.2, -0.15) is 0 Å². The molecule has 2 rings (SSSR count). The highest BCUT2D eigenvalue weighted by molar-refractivity contribution is 7.91. The van der Waals surface area contributed by atoms with Gasteiger partial charge in [0.2, 0.25) is 9.84 Å². The molecule has 3 heteroatoms. The lowest BCUT2D eigenvalue weighted by molar-refractivity contribution is 0.596. The third-order valence-electron chi connectivity index (χ3n) is 3.11. The van der Waals surface area contributed by atoms with Crippen molar-refractivity contribution >= 4 is 9.84 Å². The van der Waals surface area contributed by atoms with Crippen molar-refractivity contribution in [1.82, 2.24) is 0 Å². The minimum absolute atomic E-state index is 0.344. The number of hydrogen-bond donors (Lipinski definition) is 0. The largest absolute Gasteiger partial charge is 0.219 e. The van der Waals surface area contributed by atoms with Crippen LogP contribution in [0.5, 0.6) is 0 Å². The van der Waals surface area contributed by atoms with Crippen molar-refractivity contribution in [3.8, 4) is 0 Å². The number of rotatable bonds is 5. The van der Waals surface area contributed by atoms with Gasteiger partial charge in [0, 0.05) is 0 Å². The molecular weight excluding hydrogens is 256 g/mol. The van der Waals surface area contributed by atoms with Gasteiger partial charge in [0.25, 0.3) is 0 Å². The summed E-state index contributed by atoms with van der Waals surface area (Å²) in [5, 5.41) is 0. The van der Waals surface area contributed by atoms with Crippen LogP contribution < -0.4 is 0 Å². The molecule has 0 aliphatic rings. The van der Waals surface area contributed by atoms with Gasteiger partial charge in [0.1, 0.15) is 0 Å². The van der Waals surface area contributed by atoms with Gasteiger partial charge in [-0.15, -0.1) is 0 Å². The lowest BCUT2D eigenvalue weighted by atomic mass is 10.1. The van der Waals surface area contributed by atoms with Gasteiger partial charge in [0.05, 0.1) is 9.79 Å². The molecule has 0 spiro atoms. The molecule has 0 bridgehead atoms. The van der Waals surface area contributed by atoms with Crippen LogP contribution in [0.3, 0.4) is 0 Å². The summed E-state index contributed by atoms with van der Waals surface area (Å²) in [5.74, 6) is 0. The molecule has 2 aromatic carbocycles. The van der Waals surface area contributed by atoms with E-state index in [9.17, 15) is 8.42 Å². The molecule has 0 unspecified atom stereocenters. The minimum atomic E-state index is -3.38. The van der Waals surface area contributed by atoms with E-state index in [0.717, 1.165) is 19.3 Å². The van der Waals surface area contributed by atoms with Crippen LogP contribution in [0, 0.1) is 0 Å². The number of unbranched alkanes of at least 4 members (excludes halogenated alkanes) is 1. The summed E-state index contributed by atoms with van der Waals surface area (Å²) < 4.78 is 24.7. The highest BCUT2D eigenvalue weighted by atomic mass is 32.2. The maximum absolute atomic E-state index is 12.4. The third kappa shape index (κ3) is 3.24. The summed E-state index contributed by atoms with van der Waals surface area (Å²) in [6, 6.07) is 15.8. The maximum atomic E-state index is 12.4. The van der Waals surface area contributed by atoms with Gasteiger partial charge >= 0.3 is 0 Å². The van der Waals surface area contributed by atoms with Crippen LogP contribution in [-0.2, 0) is 16.3 Å². The quantitative estimate of drug-likeness (QED) is 0.829. The van der Waals surface area contributed by atoms with E-state index in [1.165, 1.54) is 5.56 Å². The van der Waals surface area contributed by atoms with Gasteiger partial charge in [0.15, 0.2) is 0 Å². The minimum Gasteiger partial charge on any atom is -0.219 e. The highest BCUT2D eigenvalue weighted by Gasteiger charge is 2.16. The van der Waals surface area contributed by atoms with Crippen molar-refractivity contribution in [2.75, 3.05) is 0 Å². The van der Waals surface area contributed by atoms with Crippen LogP contribution in [0.1, 0.15) is 25.3 Å². The number of sulfone groups is 1. The van der Waals surface area contributed by atoms with Crippen molar-refractivity contribution in [3.63, 3.8) is 0 Å². The van der Waals surface area contributed by atoms with Gasteiger partial charge in [-0.1, -0.05) is 43.7 Å². The fourth-order valence-corrected chi connectivity index (χ4v) is 3.23. The Kier molecular flexibility index (Phi) is 4.38. The van der Waals surface area contributed by atoms with Crippen LogP contribution >= 0.6 is 0 Å². The van der Waals surface area contributed by atoms with Crippen LogP contribution in [0.2, 0.25) is 0 Å². The molecule has 0 atom stereocenters. The molecule has 0 saturated carbocycles. The second-order valence-electron chi connectivity index (χ2n) is 4.56. The topological polar surface area (TPSA) is 34.1 Å². The first-order chi connectivity index (χ1) is 9.14. The first kappa shape index (κ1) is 13.8. The molecule has 2 aromatic rings. The molecule has 100 valence electrons. The van der Waals surface area contributed by atoms with Crippen molar-refractivity contribution in [1.29, 1.82) is 0 Å². The predicted molar refractivity (Wildman–Crippen MR) is 76.9 cm³/mol. The predicted octanol–water partition coefficient (Wildman–Crippen LogP) is 3.86. The van der Waals surface area contributed by atoms with E-state index in [1.54, 1.807) is 36.4 Å². The molecule has 0 aliphatic heterocycles. The molecule has 0 radical (unpaired) electrons. The van der Waals surface area contributed by atoms with Gasteiger partial charge in [-0.25, -0.2) is 8.42 Å². The zero-order chi connectivity index (χ0) is 13.7. The summed E-state index contributed by atoms with van der Waals surface area (Å²) >= 11 is 0. The zero-order valence-electron chi connectivity index (χ0n) is 11.0. The molecule has 0 saturated heterocycles. The van der Waals surface area contributed by atoms with E-state index in [4.69, 9.17) is 0 Å². The Bertz CT molecular complexity index is 614. The molecule has 19 heavy (non-hydrogen) atoms. The average molecular weight is 274 g/mol. The fourth-order valence-electron chi connectivity index (χ4n) is 1.95. The summed E-state index contributed by atoms with van der Waals surface area (Å²) in [6.07, 6.45) is 3.27. The van der Waals surface area contributed by atoms with E-state index in [2.05, 4.69) is 6.92 Å². The normalized spacial score (nSPS) is 11.4. The first-order valence-electron chi connectivity index (χ1n) is 6.53. The van der Waals surface area contributed by atoms with Gasteiger partial charge < -0.3 is 0 Å². The molecule has 2 nitrogen and oxygen atoms in total. The third-order valence-corrected chi connectivity index (χ3v) is 4.89. The highest BCUT2D eigenvalue weighted by Crippen LogP contribution is 2.21. The van der Waals surface area contributed by atoms with E-state index < -0.39 is 9.84 Å². The first-order valence-corrected chi connectivity index (χ1v) is 8.02. The monoisotopic (exact) mass is 274 g/mol. The second kappa shape index (κ2) is 6.02. The number of hydrogen-bond acceptors (Lipinski definition) is 2. The average Bonchev–Trinajstić information content (AvgIpc) is 2.46. The summed E-state index contributed by atoms with van der Waals surface area (Å²) in [6.45, 7) is 2.15. The zero-order valence-corrected chi connectivity index (χ0v) is 11.9. The molecular formula is C16H18O2S. The Labute approximate surface area is 115 Å². The lowest BCUT2D eigenvalue weighted by Crippen LogP contribution is -2.01. The van der Waals surface area contributed by atoms with E-state index >= 15 is 0 Å². The van der Waals surface area contributed by atoms with E-state index in [-0.39, 0.29) is 0 Å². The maximum Gasteiger partial charge on any atom is 0.206 e. The molecule has 0 N–H and O–H groups in total. The molecule has 0 fully saturated rings. The smallest absolute Gasteiger partial charge is 0.206 e.